The molecular formula is C20H14N2O10S3. The fourth-order valence-corrected chi connectivity index (χ4v) is 4.98. The number of azo groups is 1. The molecule has 4 N–H and O–H groups in total. The van der Waals surface area contributed by atoms with Gasteiger partial charge in [0.25, 0.3) is 30.4 Å². The van der Waals surface area contributed by atoms with E-state index in [0.717, 1.165) is 24.3 Å². The molecule has 0 aliphatic rings. The Morgan fingerprint density at radius 2 is 1.11 bits per heavy atom. The van der Waals surface area contributed by atoms with Gasteiger partial charge in [0.05, 0.1) is 15.5 Å². The summed E-state index contributed by atoms with van der Waals surface area (Å²) in [5, 5.41) is 19.3. The molecular weight excluding hydrogens is 524 g/mol. The average Bonchev–Trinajstić information content (AvgIpc) is 2.75. The number of hydrogen-bond donors (Lipinski definition) is 4. The van der Waals surface area contributed by atoms with Crippen LogP contribution in [0.2, 0.25) is 0 Å². The third kappa shape index (κ3) is 5.00. The number of hydrogen-bond acceptors (Lipinski definition) is 9. The highest BCUT2D eigenvalue weighted by Gasteiger charge is 2.23. The molecule has 0 aromatic heterocycles. The topological polar surface area (TPSA) is 208 Å². The Kier molecular flexibility index (Phi) is 5.87. The molecule has 0 saturated carbocycles. The number of aromatic hydroxyl groups is 1. The summed E-state index contributed by atoms with van der Waals surface area (Å²) in [6.45, 7) is 0. The van der Waals surface area contributed by atoms with Crippen molar-refractivity contribution >= 4 is 63.3 Å². The van der Waals surface area contributed by atoms with Crippen LogP contribution >= 0.6 is 0 Å². The Hall–Kier alpha value is -3.47. The second kappa shape index (κ2) is 8.33. The Balaban J connectivity index is 1.88. The lowest BCUT2D eigenvalue weighted by Gasteiger charge is -2.09. The minimum Gasteiger partial charge on any atom is -0.504 e. The van der Waals surface area contributed by atoms with E-state index in [-0.39, 0.29) is 21.4 Å². The largest absolute Gasteiger partial charge is 0.504 e. The fourth-order valence-electron chi connectivity index (χ4n) is 3.33. The van der Waals surface area contributed by atoms with Gasteiger partial charge in [-0.1, -0.05) is 18.2 Å². The molecule has 4 aromatic rings. The van der Waals surface area contributed by atoms with Gasteiger partial charge < -0.3 is 5.11 Å². The summed E-state index contributed by atoms with van der Waals surface area (Å²) >= 11 is 0. The van der Waals surface area contributed by atoms with Gasteiger partial charge in [-0.15, -0.1) is 5.11 Å². The van der Waals surface area contributed by atoms with Gasteiger partial charge in [0.1, 0.15) is 10.6 Å². The minimum absolute atomic E-state index is 0.0598. The standard InChI is InChI=1S/C20H14N2O10S3/c23-20-18(35(30,31)32)10-13-9-16(34(27,28)29)5-6-17(13)19(20)22-21-14-3-1-12-8-15(33(24,25)26)4-2-11(12)7-14/h1-10,23H,(H,24,25,26)(H,27,28,29)(H,30,31,32). The first-order valence-electron chi connectivity index (χ1n) is 9.32. The van der Waals surface area contributed by atoms with Crippen molar-refractivity contribution < 1.29 is 44.0 Å². The number of fused-ring (bicyclic) bond motifs is 2. The fraction of sp³-hybridized carbons (Fsp3) is 0. The summed E-state index contributed by atoms with van der Waals surface area (Å²) in [4.78, 5) is -1.82. The number of phenolic OH excluding ortho intramolecular Hbond substituents is 1. The first-order valence-corrected chi connectivity index (χ1v) is 13.6. The summed E-state index contributed by atoms with van der Waals surface area (Å²) in [5.41, 5.74) is -0.199. The van der Waals surface area contributed by atoms with E-state index < -0.39 is 51.6 Å². The first-order chi connectivity index (χ1) is 16.1. The van der Waals surface area contributed by atoms with E-state index in [0.29, 0.717) is 10.8 Å². The van der Waals surface area contributed by atoms with Crippen molar-refractivity contribution in [2.75, 3.05) is 0 Å². The quantitative estimate of drug-likeness (QED) is 0.213. The molecule has 0 atom stereocenters. The van der Waals surface area contributed by atoms with Crippen molar-refractivity contribution in [1.82, 2.24) is 0 Å². The molecule has 0 aliphatic carbocycles. The predicted molar refractivity (Wildman–Crippen MR) is 123 cm³/mol. The second-order valence-corrected chi connectivity index (χ2v) is 11.5. The Labute approximate surface area is 198 Å². The molecule has 35 heavy (non-hydrogen) atoms. The van der Waals surface area contributed by atoms with E-state index in [2.05, 4.69) is 10.2 Å². The van der Waals surface area contributed by atoms with Crippen LogP contribution in [0.25, 0.3) is 21.5 Å². The normalized spacial score (nSPS) is 13.1. The summed E-state index contributed by atoms with van der Waals surface area (Å²) in [6.07, 6.45) is 0. The molecule has 0 bridgehead atoms. The smallest absolute Gasteiger partial charge is 0.298 e. The molecule has 0 unspecified atom stereocenters. The van der Waals surface area contributed by atoms with Gasteiger partial charge in [0.15, 0.2) is 5.75 Å². The Morgan fingerprint density at radius 3 is 1.71 bits per heavy atom. The van der Waals surface area contributed by atoms with Crippen molar-refractivity contribution in [2.24, 2.45) is 10.2 Å². The van der Waals surface area contributed by atoms with E-state index in [1.54, 1.807) is 0 Å². The van der Waals surface area contributed by atoms with Gasteiger partial charge in [-0.2, -0.15) is 30.4 Å². The monoisotopic (exact) mass is 538 g/mol. The molecule has 0 aliphatic heterocycles. The molecule has 15 heteroatoms. The van der Waals surface area contributed by atoms with E-state index in [9.17, 15) is 44.0 Å². The van der Waals surface area contributed by atoms with Gasteiger partial charge in [-0.05, 0) is 58.6 Å². The zero-order chi connectivity index (χ0) is 25.8. The molecule has 4 aromatic carbocycles. The van der Waals surface area contributed by atoms with Crippen molar-refractivity contribution in [3.05, 3.63) is 60.7 Å². The van der Waals surface area contributed by atoms with Gasteiger partial charge >= 0.3 is 0 Å². The second-order valence-electron chi connectivity index (χ2n) is 7.27. The van der Waals surface area contributed by atoms with Crippen molar-refractivity contribution in [1.29, 1.82) is 0 Å². The SMILES string of the molecule is O=S(=O)(O)c1ccc2cc(N=Nc3c(O)c(S(=O)(=O)O)cc4cc(S(=O)(=O)O)ccc34)ccc2c1. The highest BCUT2D eigenvalue weighted by molar-refractivity contribution is 7.86. The predicted octanol–water partition coefficient (Wildman–Crippen LogP) is 3.85. The zero-order valence-corrected chi connectivity index (χ0v) is 19.6. The molecule has 4 rings (SSSR count). The molecule has 0 saturated heterocycles. The van der Waals surface area contributed by atoms with E-state index >= 15 is 0 Å². The van der Waals surface area contributed by atoms with Crippen LogP contribution in [0.15, 0.2) is 85.6 Å². The van der Waals surface area contributed by atoms with Crippen molar-refractivity contribution in [2.45, 2.75) is 14.7 Å². The van der Waals surface area contributed by atoms with Gasteiger partial charge in [0.2, 0.25) is 0 Å². The van der Waals surface area contributed by atoms with E-state index in [1.165, 1.54) is 36.4 Å². The number of nitrogens with zero attached hydrogens (tertiary/aromatic N) is 2. The Bertz CT molecular complexity index is 1880. The van der Waals surface area contributed by atoms with Crippen LogP contribution in [0.4, 0.5) is 11.4 Å². The third-order valence-electron chi connectivity index (χ3n) is 4.96. The maximum Gasteiger partial charge on any atom is 0.298 e. The maximum atomic E-state index is 11.7. The van der Waals surface area contributed by atoms with Crippen LogP contribution in [0.1, 0.15) is 0 Å². The van der Waals surface area contributed by atoms with Gasteiger partial charge in [-0.25, -0.2) is 0 Å². The number of phenols is 1. The van der Waals surface area contributed by atoms with Crippen LogP contribution in [0.5, 0.6) is 5.75 Å². The molecule has 0 fully saturated rings. The molecule has 182 valence electrons. The summed E-state index contributed by atoms with van der Waals surface area (Å²) in [7, 11) is -14.0. The summed E-state index contributed by atoms with van der Waals surface area (Å²) < 4.78 is 96.9. The van der Waals surface area contributed by atoms with Crippen molar-refractivity contribution in [3.8, 4) is 5.75 Å². The van der Waals surface area contributed by atoms with Gasteiger partial charge in [-0.3, -0.25) is 13.7 Å². The first kappa shape index (κ1) is 24.6. The lowest BCUT2D eigenvalue weighted by Crippen LogP contribution is -2.00. The zero-order valence-electron chi connectivity index (χ0n) is 17.1. The number of rotatable bonds is 5. The Morgan fingerprint density at radius 1 is 0.571 bits per heavy atom. The molecule has 0 heterocycles. The van der Waals surface area contributed by atoms with E-state index in [4.69, 9.17) is 0 Å². The van der Waals surface area contributed by atoms with Gasteiger partial charge in [0, 0.05) is 5.39 Å². The highest BCUT2D eigenvalue weighted by Crippen LogP contribution is 2.42. The van der Waals surface area contributed by atoms with Crippen LogP contribution in [0.3, 0.4) is 0 Å². The van der Waals surface area contributed by atoms with Crippen LogP contribution in [0, 0.1) is 0 Å². The van der Waals surface area contributed by atoms with Crippen molar-refractivity contribution in [3.63, 3.8) is 0 Å². The molecule has 0 radical (unpaired) electrons. The lowest BCUT2D eigenvalue weighted by molar-refractivity contribution is 0.445. The maximum absolute atomic E-state index is 11.7. The molecule has 0 spiro atoms. The summed E-state index contributed by atoms with van der Waals surface area (Å²) in [5.74, 6) is -0.943. The molecule has 0 amide bonds. The molecule has 12 nitrogen and oxygen atoms in total. The minimum atomic E-state index is -4.96. The third-order valence-corrected chi connectivity index (χ3v) is 7.52. The van der Waals surface area contributed by atoms with Crippen LogP contribution < -0.4 is 0 Å². The van der Waals surface area contributed by atoms with Crippen LogP contribution in [-0.4, -0.2) is 44.0 Å². The lowest BCUT2D eigenvalue weighted by atomic mass is 10.1. The average molecular weight is 539 g/mol. The van der Waals surface area contributed by atoms with Crippen LogP contribution in [-0.2, 0) is 30.4 Å². The number of benzene rings is 4. The highest BCUT2D eigenvalue weighted by atomic mass is 32.2. The summed E-state index contributed by atoms with van der Waals surface area (Å²) in [6, 6.07) is 12.2. The van der Waals surface area contributed by atoms with E-state index in [1.807, 2.05) is 0 Å².